The molecule has 4 nitrogen and oxygen atoms in total. The molecule has 3 fully saturated rings. The Labute approximate surface area is 235 Å². The number of fused-ring (bicyclic) bond motifs is 5. The monoisotopic (exact) mass is 541 g/mol. The van der Waals surface area contributed by atoms with E-state index in [4.69, 9.17) is 0 Å². The summed E-state index contributed by atoms with van der Waals surface area (Å²) in [6, 6.07) is 0.557. The molecule has 0 aromatic rings. The summed E-state index contributed by atoms with van der Waals surface area (Å²) in [5.41, 5.74) is 7.81. The Kier molecular flexibility index (Phi) is 9.00. The Bertz CT molecular complexity index is 901. The van der Waals surface area contributed by atoms with Crippen LogP contribution in [0.4, 0.5) is 0 Å². The second-order valence-electron chi connectivity index (χ2n) is 14.6. The van der Waals surface area contributed by atoms with Crippen molar-refractivity contribution in [1.29, 1.82) is 0 Å². The summed E-state index contributed by atoms with van der Waals surface area (Å²) in [6.07, 6.45) is 26.0. The maximum Gasteiger partial charge on any atom is 0.155 e. The number of allylic oxidation sites excluding steroid dienone is 2. The van der Waals surface area contributed by atoms with Gasteiger partial charge < -0.3 is 0 Å². The molecular weight excluding hydrogens is 485 g/mol. The Morgan fingerprint density at radius 2 is 1.89 bits per heavy atom. The molecule has 0 aromatic carbocycles. The SMILES string of the molecule is CC(C)CCCCC1CCC2C3CC=C4CC(N5C=C(CCCCP=O)N(C)N5)CCC4(C)C3CCC12C. The molecule has 3 saturated carbocycles. The molecule has 4 aliphatic carbocycles. The van der Waals surface area contributed by atoms with Crippen LogP contribution in [0.1, 0.15) is 124 Å². The molecule has 214 valence electrons. The highest BCUT2D eigenvalue weighted by Gasteiger charge is 2.58. The van der Waals surface area contributed by atoms with Gasteiger partial charge in [-0.15, -0.1) is 5.53 Å². The molecule has 0 aromatic heterocycles. The van der Waals surface area contributed by atoms with Crippen molar-refractivity contribution in [3.63, 3.8) is 0 Å². The first kappa shape index (κ1) is 28.7. The lowest BCUT2D eigenvalue weighted by atomic mass is 9.47. The maximum atomic E-state index is 10.8. The predicted octanol–water partition coefficient (Wildman–Crippen LogP) is 9.12. The van der Waals surface area contributed by atoms with Gasteiger partial charge >= 0.3 is 0 Å². The third kappa shape index (κ3) is 5.52. The highest BCUT2D eigenvalue weighted by molar-refractivity contribution is 7.23. The molecular formula is C33H56N3OP. The standard InChI is InChI=1S/C33H56N3OP/c1-24(2)10-6-7-11-25-14-16-30-29-15-13-26-22-27(17-19-33(26,4)31(29)18-20-32(25,30)3)36-23-28(35(5)34-36)12-8-9-21-38-37/h13,23-25,27,29-31,34H,6-12,14-22H2,1-5H3. The van der Waals surface area contributed by atoms with Crippen LogP contribution in [0.5, 0.6) is 0 Å². The zero-order chi connectivity index (χ0) is 26.9. The summed E-state index contributed by atoms with van der Waals surface area (Å²) in [6.45, 7) is 10.1. The van der Waals surface area contributed by atoms with E-state index in [2.05, 4.69) is 62.6 Å². The molecule has 0 radical (unpaired) electrons. The topological polar surface area (TPSA) is 35.6 Å². The summed E-state index contributed by atoms with van der Waals surface area (Å²) < 4.78 is 10.8. The molecule has 0 bridgehead atoms. The maximum absolute atomic E-state index is 10.8. The van der Waals surface area contributed by atoms with E-state index in [-0.39, 0.29) is 8.46 Å². The quantitative estimate of drug-likeness (QED) is 0.161. The second kappa shape index (κ2) is 11.9. The Morgan fingerprint density at radius 3 is 2.68 bits per heavy atom. The Morgan fingerprint density at radius 1 is 1.05 bits per heavy atom. The van der Waals surface area contributed by atoms with Crippen LogP contribution in [0.3, 0.4) is 0 Å². The van der Waals surface area contributed by atoms with Crippen molar-refractivity contribution in [1.82, 2.24) is 15.6 Å². The highest BCUT2D eigenvalue weighted by atomic mass is 31.1. The number of hydrazine groups is 2. The second-order valence-corrected chi connectivity index (χ2v) is 15.4. The molecule has 38 heavy (non-hydrogen) atoms. The van der Waals surface area contributed by atoms with Crippen molar-refractivity contribution < 1.29 is 4.57 Å². The lowest BCUT2D eigenvalue weighted by Gasteiger charge is -2.58. The molecule has 7 atom stereocenters. The fourth-order valence-corrected chi connectivity index (χ4v) is 10.2. The lowest BCUT2D eigenvalue weighted by molar-refractivity contribution is -0.0492. The smallest absolute Gasteiger partial charge is 0.155 e. The van der Waals surface area contributed by atoms with Gasteiger partial charge in [0.2, 0.25) is 0 Å². The van der Waals surface area contributed by atoms with E-state index in [1.165, 1.54) is 82.7 Å². The van der Waals surface area contributed by atoms with E-state index >= 15 is 0 Å². The first-order chi connectivity index (χ1) is 18.3. The van der Waals surface area contributed by atoms with Gasteiger partial charge in [-0.2, -0.15) is 0 Å². The molecule has 1 heterocycles. The largest absolute Gasteiger partial charge is 0.296 e. The lowest BCUT2D eigenvalue weighted by Crippen LogP contribution is -2.52. The molecule has 0 spiro atoms. The molecule has 7 unspecified atom stereocenters. The van der Waals surface area contributed by atoms with Gasteiger partial charge in [-0.05, 0) is 117 Å². The van der Waals surface area contributed by atoms with E-state index in [9.17, 15) is 4.57 Å². The molecule has 1 aliphatic heterocycles. The van der Waals surface area contributed by atoms with Crippen LogP contribution in [0.25, 0.3) is 0 Å². The van der Waals surface area contributed by atoms with Crippen molar-refractivity contribution in [2.24, 2.45) is 40.4 Å². The zero-order valence-corrected chi connectivity index (χ0v) is 26.1. The summed E-state index contributed by atoms with van der Waals surface area (Å²) in [5, 5.41) is 4.61. The third-order valence-electron chi connectivity index (χ3n) is 12.2. The van der Waals surface area contributed by atoms with Crippen molar-refractivity contribution in [3.05, 3.63) is 23.5 Å². The van der Waals surface area contributed by atoms with Crippen LogP contribution in [-0.2, 0) is 4.57 Å². The van der Waals surface area contributed by atoms with Gasteiger partial charge in [-0.3, -0.25) is 14.6 Å². The van der Waals surface area contributed by atoms with E-state index in [0.717, 1.165) is 55.0 Å². The summed E-state index contributed by atoms with van der Waals surface area (Å²) in [5.74, 6) is 4.63. The zero-order valence-electron chi connectivity index (χ0n) is 25.2. The number of nitrogens with zero attached hydrogens (tertiary/aromatic N) is 2. The molecule has 5 rings (SSSR count). The summed E-state index contributed by atoms with van der Waals surface area (Å²) >= 11 is 0. The van der Waals surface area contributed by atoms with Crippen LogP contribution in [0.15, 0.2) is 23.5 Å². The van der Waals surface area contributed by atoms with Crippen LogP contribution in [0, 0.1) is 40.4 Å². The number of unbranched alkanes of at least 4 members (excludes halogenated alkanes) is 2. The normalized spacial score (nSPS) is 38.7. The highest BCUT2D eigenvalue weighted by Crippen LogP contribution is 2.67. The van der Waals surface area contributed by atoms with Gasteiger partial charge in [0, 0.05) is 25.1 Å². The number of hydrogen-bond acceptors (Lipinski definition) is 4. The number of hydrogen-bond donors (Lipinski definition) is 1. The summed E-state index contributed by atoms with van der Waals surface area (Å²) in [4.78, 5) is 0. The fourth-order valence-electron chi connectivity index (χ4n) is 9.82. The molecule has 5 heteroatoms. The minimum Gasteiger partial charge on any atom is -0.296 e. The van der Waals surface area contributed by atoms with Crippen LogP contribution >= 0.6 is 8.46 Å². The van der Waals surface area contributed by atoms with Gasteiger partial charge in [-0.25, -0.2) is 0 Å². The van der Waals surface area contributed by atoms with E-state index in [1.54, 1.807) is 5.57 Å². The predicted molar refractivity (Wildman–Crippen MR) is 159 cm³/mol. The molecule has 0 saturated heterocycles. The fraction of sp³-hybridized carbons (Fsp3) is 0.879. The minimum atomic E-state index is 0.284. The van der Waals surface area contributed by atoms with Gasteiger partial charge in [0.15, 0.2) is 8.46 Å². The molecule has 5 aliphatic rings. The number of nitrogens with one attached hydrogen (secondary N) is 1. The minimum absolute atomic E-state index is 0.284. The van der Waals surface area contributed by atoms with Gasteiger partial charge in [-0.1, -0.05) is 58.6 Å². The van der Waals surface area contributed by atoms with Crippen LogP contribution in [-0.4, -0.2) is 29.3 Å². The van der Waals surface area contributed by atoms with Crippen molar-refractivity contribution in [3.8, 4) is 0 Å². The van der Waals surface area contributed by atoms with Gasteiger partial charge in [0.25, 0.3) is 0 Å². The third-order valence-corrected chi connectivity index (χ3v) is 12.7. The number of rotatable bonds is 11. The van der Waals surface area contributed by atoms with Gasteiger partial charge in [0.1, 0.15) is 0 Å². The van der Waals surface area contributed by atoms with Crippen molar-refractivity contribution >= 4 is 8.46 Å². The van der Waals surface area contributed by atoms with Crippen LogP contribution < -0.4 is 5.53 Å². The Balaban J connectivity index is 1.21. The molecule has 1 N–H and O–H groups in total. The Hall–Kier alpha value is -0.860. The van der Waals surface area contributed by atoms with Crippen molar-refractivity contribution in [2.75, 3.05) is 13.2 Å². The van der Waals surface area contributed by atoms with Crippen molar-refractivity contribution in [2.45, 2.75) is 130 Å². The summed E-state index contributed by atoms with van der Waals surface area (Å²) in [7, 11) is 2.43. The first-order valence-electron chi connectivity index (χ1n) is 16.2. The van der Waals surface area contributed by atoms with E-state index in [0.29, 0.717) is 16.9 Å². The average Bonchev–Trinajstić information content (AvgIpc) is 3.43. The van der Waals surface area contributed by atoms with E-state index < -0.39 is 0 Å². The van der Waals surface area contributed by atoms with E-state index in [1.807, 2.05) is 0 Å². The van der Waals surface area contributed by atoms with Gasteiger partial charge in [0.05, 0.1) is 6.04 Å². The first-order valence-corrected chi connectivity index (χ1v) is 17.2. The average molecular weight is 542 g/mol. The van der Waals surface area contributed by atoms with Crippen LogP contribution in [0.2, 0.25) is 0 Å². The molecule has 0 amide bonds.